The summed E-state index contributed by atoms with van der Waals surface area (Å²) in [6, 6.07) is 19.3. The van der Waals surface area contributed by atoms with Crippen molar-refractivity contribution in [3.63, 3.8) is 0 Å². The van der Waals surface area contributed by atoms with Crippen LogP contribution in [0, 0.1) is 12.7 Å². The van der Waals surface area contributed by atoms with Crippen molar-refractivity contribution >= 4 is 16.0 Å². The number of esters is 1. The molecule has 0 fully saturated rings. The minimum absolute atomic E-state index is 0.0358. The minimum Gasteiger partial charge on any atom is -0.462 e. The molecule has 0 aromatic heterocycles. The molecule has 0 saturated heterocycles. The third-order valence-electron chi connectivity index (χ3n) is 4.88. The van der Waals surface area contributed by atoms with Gasteiger partial charge in [0.2, 0.25) is 10.0 Å². The first-order valence-corrected chi connectivity index (χ1v) is 11.4. The van der Waals surface area contributed by atoms with Crippen LogP contribution in [0.4, 0.5) is 4.39 Å². The van der Waals surface area contributed by atoms with Gasteiger partial charge < -0.3 is 4.74 Å². The highest BCUT2D eigenvalue weighted by Gasteiger charge is 2.21. The van der Waals surface area contributed by atoms with Gasteiger partial charge in [-0.15, -0.1) is 0 Å². The van der Waals surface area contributed by atoms with E-state index >= 15 is 0 Å². The molecule has 0 amide bonds. The van der Waals surface area contributed by atoms with Gasteiger partial charge in [-0.2, -0.15) is 0 Å². The molecule has 1 atom stereocenters. The zero-order valence-corrected chi connectivity index (χ0v) is 18.2. The first kappa shape index (κ1) is 22.7. The quantitative estimate of drug-likeness (QED) is 0.525. The highest BCUT2D eigenvalue weighted by molar-refractivity contribution is 7.89. The molecule has 0 aliphatic rings. The van der Waals surface area contributed by atoms with E-state index in [0.29, 0.717) is 16.7 Å². The van der Waals surface area contributed by atoms with Crippen molar-refractivity contribution in [3.8, 4) is 0 Å². The standard InChI is InChI=1S/C24H24FNO4S/c1-3-30-24(27)20-6-4-5-19(15-20)23(18-9-11-21(25)12-10-18)16-26-31(28,29)22-13-7-17(2)8-14-22/h4-15,23,26H,3,16H2,1-2H3/t23-/m1/s1. The summed E-state index contributed by atoms with van der Waals surface area (Å²) in [5, 5.41) is 0. The molecule has 0 heterocycles. The van der Waals surface area contributed by atoms with Gasteiger partial charge in [0.15, 0.2) is 0 Å². The Hall–Kier alpha value is -3.03. The zero-order chi connectivity index (χ0) is 22.4. The Morgan fingerprint density at radius 2 is 1.68 bits per heavy atom. The fraction of sp³-hybridized carbons (Fsp3) is 0.208. The number of hydrogen-bond acceptors (Lipinski definition) is 4. The first-order valence-electron chi connectivity index (χ1n) is 9.89. The van der Waals surface area contributed by atoms with E-state index in [2.05, 4.69) is 4.72 Å². The number of sulfonamides is 1. The van der Waals surface area contributed by atoms with Gasteiger partial charge in [0.05, 0.1) is 17.1 Å². The highest BCUT2D eigenvalue weighted by Crippen LogP contribution is 2.26. The van der Waals surface area contributed by atoms with Crippen LogP contribution in [0.2, 0.25) is 0 Å². The van der Waals surface area contributed by atoms with Crippen LogP contribution in [0.5, 0.6) is 0 Å². The van der Waals surface area contributed by atoms with Gasteiger partial charge in [-0.05, 0) is 61.4 Å². The van der Waals surface area contributed by atoms with E-state index in [1.54, 1.807) is 67.6 Å². The van der Waals surface area contributed by atoms with E-state index < -0.39 is 21.9 Å². The Bertz CT molecular complexity index is 1140. The summed E-state index contributed by atoms with van der Waals surface area (Å²) in [7, 11) is -3.75. The van der Waals surface area contributed by atoms with E-state index in [0.717, 1.165) is 5.56 Å². The molecule has 7 heteroatoms. The fourth-order valence-electron chi connectivity index (χ4n) is 3.21. The fourth-order valence-corrected chi connectivity index (χ4v) is 4.26. The van der Waals surface area contributed by atoms with Crippen molar-refractivity contribution < 1.29 is 22.3 Å². The second kappa shape index (κ2) is 9.85. The van der Waals surface area contributed by atoms with E-state index in [9.17, 15) is 17.6 Å². The van der Waals surface area contributed by atoms with Crippen LogP contribution in [-0.2, 0) is 14.8 Å². The molecule has 5 nitrogen and oxygen atoms in total. The number of halogens is 1. The monoisotopic (exact) mass is 441 g/mol. The van der Waals surface area contributed by atoms with Crippen molar-refractivity contribution in [1.29, 1.82) is 0 Å². The predicted molar refractivity (Wildman–Crippen MR) is 117 cm³/mol. The SMILES string of the molecule is CCOC(=O)c1cccc([C@H](CNS(=O)(=O)c2ccc(C)cc2)c2ccc(F)cc2)c1. The number of nitrogens with one attached hydrogen (secondary N) is 1. The lowest BCUT2D eigenvalue weighted by Crippen LogP contribution is -2.29. The summed E-state index contributed by atoms with van der Waals surface area (Å²) >= 11 is 0. The molecule has 162 valence electrons. The molecule has 0 unspecified atom stereocenters. The summed E-state index contributed by atoms with van der Waals surface area (Å²) in [5.74, 6) is -1.28. The van der Waals surface area contributed by atoms with Gasteiger partial charge in [0.1, 0.15) is 5.82 Å². The maximum atomic E-state index is 13.5. The number of aryl methyl sites for hydroxylation is 1. The Labute approximate surface area is 181 Å². The summed E-state index contributed by atoms with van der Waals surface area (Å²) < 4.78 is 46.7. The molecule has 3 aromatic carbocycles. The van der Waals surface area contributed by atoms with Crippen LogP contribution in [0.25, 0.3) is 0 Å². The number of benzene rings is 3. The van der Waals surface area contributed by atoms with Gasteiger partial charge in [-0.25, -0.2) is 22.3 Å². The van der Waals surface area contributed by atoms with Gasteiger partial charge in [-0.3, -0.25) is 0 Å². The first-order chi connectivity index (χ1) is 14.8. The highest BCUT2D eigenvalue weighted by atomic mass is 32.2. The predicted octanol–water partition coefficient (Wildman–Crippen LogP) is 4.42. The number of hydrogen-bond donors (Lipinski definition) is 1. The van der Waals surface area contributed by atoms with Crippen LogP contribution in [0.3, 0.4) is 0 Å². The molecule has 0 bridgehead atoms. The lowest BCUT2D eigenvalue weighted by Gasteiger charge is -2.20. The van der Waals surface area contributed by atoms with E-state index in [1.807, 2.05) is 6.92 Å². The van der Waals surface area contributed by atoms with E-state index in [-0.39, 0.29) is 23.9 Å². The molecule has 0 spiro atoms. The zero-order valence-electron chi connectivity index (χ0n) is 17.3. The summed E-state index contributed by atoms with van der Waals surface area (Å²) in [6.07, 6.45) is 0. The molecular weight excluding hydrogens is 417 g/mol. The molecule has 0 saturated carbocycles. The molecule has 0 aliphatic carbocycles. The third-order valence-corrected chi connectivity index (χ3v) is 6.32. The Morgan fingerprint density at radius 3 is 2.32 bits per heavy atom. The van der Waals surface area contributed by atoms with Crippen molar-refractivity contribution in [2.45, 2.75) is 24.7 Å². The van der Waals surface area contributed by atoms with Crippen LogP contribution in [0.15, 0.2) is 77.7 Å². The second-order valence-electron chi connectivity index (χ2n) is 7.12. The summed E-state index contributed by atoms with van der Waals surface area (Å²) in [4.78, 5) is 12.3. The van der Waals surface area contributed by atoms with Crippen molar-refractivity contribution in [2.24, 2.45) is 0 Å². The third kappa shape index (κ3) is 5.77. The van der Waals surface area contributed by atoms with Crippen LogP contribution >= 0.6 is 0 Å². The Kier molecular flexibility index (Phi) is 7.20. The topological polar surface area (TPSA) is 72.5 Å². The molecule has 0 radical (unpaired) electrons. The molecule has 3 aromatic rings. The minimum atomic E-state index is -3.75. The molecule has 3 rings (SSSR count). The average Bonchev–Trinajstić information content (AvgIpc) is 2.76. The molecule has 1 N–H and O–H groups in total. The second-order valence-corrected chi connectivity index (χ2v) is 8.88. The van der Waals surface area contributed by atoms with Gasteiger partial charge in [-0.1, -0.05) is 42.0 Å². The smallest absolute Gasteiger partial charge is 0.338 e. The molecular formula is C24H24FNO4S. The Balaban J connectivity index is 1.92. The number of carbonyl (C=O) groups excluding carboxylic acids is 1. The average molecular weight is 442 g/mol. The maximum absolute atomic E-state index is 13.5. The van der Waals surface area contributed by atoms with Crippen LogP contribution in [-0.4, -0.2) is 27.5 Å². The summed E-state index contributed by atoms with van der Waals surface area (Å²) in [5.41, 5.74) is 2.75. The molecule has 0 aliphatic heterocycles. The Morgan fingerprint density at radius 1 is 1.00 bits per heavy atom. The van der Waals surface area contributed by atoms with Gasteiger partial charge >= 0.3 is 5.97 Å². The van der Waals surface area contributed by atoms with E-state index in [4.69, 9.17) is 4.74 Å². The van der Waals surface area contributed by atoms with Crippen molar-refractivity contribution in [2.75, 3.05) is 13.2 Å². The van der Waals surface area contributed by atoms with Crippen LogP contribution in [0.1, 0.15) is 39.9 Å². The van der Waals surface area contributed by atoms with E-state index in [1.165, 1.54) is 12.1 Å². The van der Waals surface area contributed by atoms with Crippen molar-refractivity contribution in [1.82, 2.24) is 4.72 Å². The van der Waals surface area contributed by atoms with Crippen LogP contribution < -0.4 is 4.72 Å². The maximum Gasteiger partial charge on any atom is 0.338 e. The van der Waals surface area contributed by atoms with Crippen molar-refractivity contribution in [3.05, 3.63) is 101 Å². The van der Waals surface area contributed by atoms with Gasteiger partial charge in [0.25, 0.3) is 0 Å². The number of rotatable bonds is 8. The largest absolute Gasteiger partial charge is 0.462 e. The normalized spacial score (nSPS) is 12.4. The number of carbonyl (C=O) groups is 1. The molecule has 31 heavy (non-hydrogen) atoms. The summed E-state index contributed by atoms with van der Waals surface area (Å²) in [6.45, 7) is 3.89. The lowest BCUT2D eigenvalue weighted by atomic mass is 9.90. The van der Waals surface area contributed by atoms with Gasteiger partial charge in [0, 0.05) is 12.5 Å². The lowest BCUT2D eigenvalue weighted by molar-refractivity contribution is 0.0526. The number of ether oxygens (including phenoxy) is 1.